The Morgan fingerprint density at radius 1 is 1.09 bits per heavy atom. The third-order valence-electron chi connectivity index (χ3n) is 8.03. The molecule has 12 heteroatoms. The third kappa shape index (κ3) is 9.34. The van der Waals surface area contributed by atoms with Gasteiger partial charge in [0.05, 0.1) is 34.4 Å². The third-order valence-corrected chi connectivity index (χ3v) is 9.01. The Kier molecular flexibility index (Phi) is 12.3. The Bertz CT molecular complexity index is 1450. The normalized spacial score (nSPS) is 17.0. The van der Waals surface area contributed by atoms with E-state index in [0.717, 1.165) is 47.4 Å². The van der Waals surface area contributed by atoms with E-state index in [1.165, 1.54) is 11.1 Å². The van der Waals surface area contributed by atoms with E-state index in [1.807, 2.05) is 57.5 Å². The van der Waals surface area contributed by atoms with Gasteiger partial charge in [0.15, 0.2) is 0 Å². The van der Waals surface area contributed by atoms with Crippen molar-refractivity contribution in [3.05, 3.63) is 64.9 Å². The average molecular weight is 651 g/mol. The molecular weight excluding hydrogens is 604 g/mol. The summed E-state index contributed by atoms with van der Waals surface area (Å²) in [5.74, 6) is -0.828. The van der Waals surface area contributed by atoms with Crippen LogP contribution in [-0.2, 0) is 16.1 Å². The topological polar surface area (TPSA) is 160 Å². The molecule has 3 atom stereocenters. The van der Waals surface area contributed by atoms with Crippen molar-refractivity contribution in [2.75, 3.05) is 19.7 Å². The Balaban J connectivity index is 1.36. The van der Waals surface area contributed by atoms with Crippen molar-refractivity contribution in [2.24, 2.45) is 11.1 Å². The predicted molar refractivity (Wildman–Crippen MR) is 178 cm³/mol. The van der Waals surface area contributed by atoms with Crippen LogP contribution in [0.15, 0.2) is 48.1 Å². The first-order valence-corrected chi connectivity index (χ1v) is 16.7. The second-order valence-corrected chi connectivity index (χ2v) is 13.6. The Labute approximate surface area is 275 Å². The zero-order valence-corrected chi connectivity index (χ0v) is 27.9. The molecule has 2 aromatic heterocycles. The molecule has 0 spiro atoms. The maximum Gasteiger partial charge on any atom is 0.253 e. The van der Waals surface area contributed by atoms with Crippen molar-refractivity contribution in [3.63, 3.8) is 0 Å². The number of aromatic nitrogens is 2. The van der Waals surface area contributed by atoms with Crippen LogP contribution in [0.25, 0.3) is 10.4 Å². The number of unbranched alkanes of at least 4 members (excludes halogenated alkanes) is 3. The van der Waals surface area contributed by atoms with Gasteiger partial charge in [-0.3, -0.25) is 14.4 Å². The van der Waals surface area contributed by atoms with Crippen LogP contribution < -0.4 is 21.1 Å². The van der Waals surface area contributed by atoms with Crippen LogP contribution in [-0.4, -0.2) is 75.6 Å². The molecule has 1 aliphatic rings. The summed E-state index contributed by atoms with van der Waals surface area (Å²) in [6, 6.07) is 9.32. The minimum atomic E-state index is -0.951. The van der Waals surface area contributed by atoms with Gasteiger partial charge in [-0.05, 0) is 48.9 Å². The number of benzene rings is 1. The van der Waals surface area contributed by atoms with Gasteiger partial charge < -0.3 is 31.1 Å². The van der Waals surface area contributed by atoms with Gasteiger partial charge in [-0.15, -0.1) is 11.3 Å². The first kappa shape index (κ1) is 35.0. The van der Waals surface area contributed by atoms with Crippen LogP contribution in [0.5, 0.6) is 5.88 Å². The number of likely N-dealkylation sites (tertiary alicyclic amines) is 1. The lowest BCUT2D eigenvalue weighted by molar-refractivity contribution is -0.142. The van der Waals surface area contributed by atoms with Gasteiger partial charge in [-0.2, -0.15) is 0 Å². The van der Waals surface area contributed by atoms with E-state index in [1.54, 1.807) is 23.5 Å². The smallest absolute Gasteiger partial charge is 0.253 e. The first-order chi connectivity index (χ1) is 22.0. The van der Waals surface area contributed by atoms with E-state index in [2.05, 4.69) is 20.6 Å². The van der Waals surface area contributed by atoms with Crippen LogP contribution >= 0.6 is 11.3 Å². The minimum absolute atomic E-state index is 0.00206. The molecule has 1 aromatic carbocycles. The summed E-state index contributed by atoms with van der Waals surface area (Å²) in [7, 11) is 0. The Morgan fingerprint density at radius 3 is 2.46 bits per heavy atom. The molecule has 0 saturated carbocycles. The van der Waals surface area contributed by atoms with E-state index >= 15 is 0 Å². The van der Waals surface area contributed by atoms with E-state index in [-0.39, 0.29) is 31.0 Å². The summed E-state index contributed by atoms with van der Waals surface area (Å²) < 4.78 is 5.68. The van der Waals surface area contributed by atoms with Gasteiger partial charge in [-0.1, -0.05) is 57.9 Å². The number of nitrogens with one attached hydrogen (secondary N) is 2. The summed E-state index contributed by atoms with van der Waals surface area (Å²) in [6.07, 6.45) is 4.66. The number of thiazole rings is 1. The fourth-order valence-electron chi connectivity index (χ4n) is 5.37. The molecule has 1 fully saturated rings. The lowest BCUT2D eigenvalue weighted by atomic mass is 9.85. The summed E-state index contributed by atoms with van der Waals surface area (Å²) in [5.41, 5.74) is 9.88. The number of aliphatic hydroxyl groups is 1. The largest absolute Gasteiger partial charge is 0.478 e. The molecule has 1 aliphatic heterocycles. The number of carbonyl (C=O) groups excluding carboxylic acids is 3. The number of nitrogens with zero attached hydrogens (tertiary/aromatic N) is 3. The van der Waals surface area contributed by atoms with Crippen molar-refractivity contribution in [3.8, 4) is 16.3 Å². The number of pyridine rings is 1. The van der Waals surface area contributed by atoms with Crippen molar-refractivity contribution >= 4 is 29.1 Å². The molecule has 46 heavy (non-hydrogen) atoms. The fraction of sp³-hybridized carbons (Fsp3) is 0.500. The first-order valence-electron chi connectivity index (χ1n) is 15.8. The second-order valence-electron chi connectivity index (χ2n) is 12.8. The van der Waals surface area contributed by atoms with Gasteiger partial charge in [0.1, 0.15) is 12.1 Å². The SMILES string of the molecule is Cc1ncsc1-c1ccc(CNC(=O)[C@@H]2C[C@@H](O)CN2C(=O)[C@@H](NC(=O)c2ccc(OCCCCCCN)nc2)C(C)(C)C)cc1. The highest BCUT2D eigenvalue weighted by atomic mass is 32.1. The number of rotatable bonds is 14. The number of amides is 3. The molecule has 11 nitrogen and oxygen atoms in total. The maximum absolute atomic E-state index is 13.9. The number of hydrogen-bond acceptors (Lipinski definition) is 9. The lowest BCUT2D eigenvalue weighted by Gasteiger charge is -2.35. The molecule has 248 valence electrons. The van der Waals surface area contributed by atoms with Crippen LogP contribution in [0.1, 0.15) is 74.5 Å². The number of aryl methyl sites for hydroxylation is 1. The van der Waals surface area contributed by atoms with Gasteiger partial charge in [-0.25, -0.2) is 9.97 Å². The molecule has 1 saturated heterocycles. The van der Waals surface area contributed by atoms with Crippen molar-refractivity contribution in [1.82, 2.24) is 25.5 Å². The molecule has 4 rings (SSSR count). The van der Waals surface area contributed by atoms with Crippen LogP contribution in [0.2, 0.25) is 0 Å². The van der Waals surface area contributed by atoms with Crippen LogP contribution in [0, 0.1) is 12.3 Å². The number of hydrogen-bond donors (Lipinski definition) is 4. The van der Waals surface area contributed by atoms with Crippen molar-refractivity contribution < 1.29 is 24.2 Å². The summed E-state index contributed by atoms with van der Waals surface area (Å²) in [5, 5.41) is 16.3. The monoisotopic (exact) mass is 650 g/mol. The van der Waals surface area contributed by atoms with E-state index in [9.17, 15) is 19.5 Å². The second kappa shape index (κ2) is 16.1. The molecule has 3 aromatic rings. The van der Waals surface area contributed by atoms with Gasteiger partial charge in [0.2, 0.25) is 17.7 Å². The molecule has 3 heterocycles. The molecule has 0 unspecified atom stereocenters. The van der Waals surface area contributed by atoms with E-state index in [0.29, 0.717) is 19.0 Å². The molecule has 0 radical (unpaired) electrons. The molecule has 5 N–H and O–H groups in total. The van der Waals surface area contributed by atoms with E-state index < -0.39 is 35.4 Å². The highest BCUT2D eigenvalue weighted by molar-refractivity contribution is 7.13. The van der Waals surface area contributed by atoms with Gasteiger partial charge >= 0.3 is 0 Å². The number of aliphatic hydroxyl groups excluding tert-OH is 1. The minimum Gasteiger partial charge on any atom is -0.478 e. The summed E-state index contributed by atoms with van der Waals surface area (Å²) in [4.78, 5) is 51.5. The van der Waals surface area contributed by atoms with E-state index in [4.69, 9.17) is 10.5 Å². The highest BCUT2D eigenvalue weighted by Gasteiger charge is 2.44. The zero-order chi connectivity index (χ0) is 33.3. The van der Waals surface area contributed by atoms with Crippen molar-refractivity contribution in [1.29, 1.82) is 0 Å². The average Bonchev–Trinajstić information content (AvgIpc) is 3.65. The predicted octanol–water partition coefficient (Wildman–Crippen LogP) is 3.83. The number of ether oxygens (including phenoxy) is 1. The fourth-order valence-corrected chi connectivity index (χ4v) is 6.18. The number of nitrogens with two attached hydrogens (primary N) is 1. The van der Waals surface area contributed by atoms with Crippen molar-refractivity contribution in [2.45, 2.75) is 84.5 Å². The van der Waals surface area contributed by atoms with Gasteiger partial charge in [0.25, 0.3) is 5.91 Å². The maximum atomic E-state index is 13.9. The van der Waals surface area contributed by atoms with Crippen LogP contribution in [0.3, 0.4) is 0 Å². The molecule has 0 aliphatic carbocycles. The van der Waals surface area contributed by atoms with Crippen LogP contribution in [0.4, 0.5) is 0 Å². The molecule has 0 bridgehead atoms. The standard InChI is InChI=1S/C34H46N6O5S/c1-22-29(46-21-38-22)24-11-9-23(10-12-24)18-37-32(43)27-17-26(41)20-40(27)33(44)30(34(2,3)4)39-31(42)25-13-14-28(36-19-25)45-16-8-6-5-7-15-35/h9-14,19,21,26-27,30,41H,5-8,15-18,20,35H2,1-4H3,(H,37,43)(H,39,42)/t26-,27+,30-/m1/s1. The summed E-state index contributed by atoms with van der Waals surface area (Å²) >= 11 is 1.58. The quantitative estimate of drug-likeness (QED) is 0.192. The zero-order valence-electron chi connectivity index (χ0n) is 27.1. The Hall–Kier alpha value is -3.87. The van der Waals surface area contributed by atoms with Gasteiger partial charge in [0, 0.05) is 31.8 Å². The lowest BCUT2D eigenvalue weighted by Crippen LogP contribution is -2.57. The molecular formula is C34H46N6O5S. The number of carbonyl (C=O) groups is 3. The Morgan fingerprint density at radius 2 is 1.83 bits per heavy atom. The highest BCUT2D eigenvalue weighted by Crippen LogP contribution is 2.28. The number of β-amino-alcohol motifs (C(OH)–C–C–N with tert-alkyl or cyclic N) is 1. The molecule has 3 amide bonds. The summed E-state index contributed by atoms with van der Waals surface area (Å²) in [6.45, 7) is 9.00.